The molecule has 0 N–H and O–H groups in total. The molecule has 0 bridgehead atoms. The lowest BCUT2D eigenvalue weighted by atomic mass is 9.95. The highest BCUT2D eigenvalue weighted by atomic mass is 127. The molecule has 3 aromatic rings. The summed E-state index contributed by atoms with van der Waals surface area (Å²) in [5.41, 5.74) is 0.627. The molecule has 0 amide bonds. The number of ether oxygens (including phenoxy) is 3. The Hall–Kier alpha value is -2.47. The van der Waals surface area contributed by atoms with Gasteiger partial charge in [-0.1, -0.05) is 36.7 Å². The number of fused-ring (bicyclic) bond motifs is 1. The molecule has 0 aliphatic heterocycles. The summed E-state index contributed by atoms with van der Waals surface area (Å²) in [4.78, 5) is 30.1. The van der Waals surface area contributed by atoms with E-state index in [0.29, 0.717) is 40.4 Å². The highest BCUT2D eigenvalue weighted by Crippen LogP contribution is 2.34. The molecule has 0 saturated heterocycles. The predicted octanol–water partition coefficient (Wildman–Crippen LogP) is 5.67. The normalized spacial score (nSPS) is 11.9. The van der Waals surface area contributed by atoms with E-state index in [1.807, 2.05) is 45.9 Å². The summed E-state index contributed by atoms with van der Waals surface area (Å²) in [5.74, 6) is 0.993. The molecule has 0 aliphatic carbocycles. The Labute approximate surface area is 232 Å². The summed E-state index contributed by atoms with van der Waals surface area (Å²) in [6, 6.07) is 9.01. The van der Waals surface area contributed by atoms with Gasteiger partial charge in [-0.3, -0.25) is 4.79 Å². The zero-order valence-corrected chi connectivity index (χ0v) is 24.8. The molecule has 36 heavy (non-hydrogen) atoms. The number of aromatic nitrogens is 2. The predicted molar refractivity (Wildman–Crippen MR) is 152 cm³/mol. The van der Waals surface area contributed by atoms with Gasteiger partial charge in [0.2, 0.25) is 0 Å². The Morgan fingerprint density at radius 1 is 1.22 bits per heavy atom. The fraction of sp³-hybridized carbons (Fsp3) is 0.385. The van der Waals surface area contributed by atoms with Crippen LogP contribution in [0.3, 0.4) is 0 Å². The summed E-state index contributed by atoms with van der Waals surface area (Å²) < 4.78 is 19.5. The van der Waals surface area contributed by atoms with Crippen molar-refractivity contribution in [2.75, 3.05) is 13.2 Å². The number of benzene rings is 2. The van der Waals surface area contributed by atoms with E-state index in [4.69, 9.17) is 19.2 Å². The van der Waals surface area contributed by atoms with Gasteiger partial charge in [-0.15, -0.1) is 0 Å². The molecule has 192 valence electrons. The first-order chi connectivity index (χ1) is 16.9. The van der Waals surface area contributed by atoms with E-state index < -0.39 is 11.4 Å². The summed E-state index contributed by atoms with van der Waals surface area (Å²) in [7, 11) is 0. The first-order valence-electron chi connectivity index (χ1n) is 11.5. The second kappa shape index (κ2) is 11.7. The minimum atomic E-state index is -0.460. The number of hydrogen-bond donors (Lipinski definition) is 0. The van der Waals surface area contributed by atoms with Crippen molar-refractivity contribution >= 4 is 61.6 Å². The second-order valence-corrected chi connectivity index (χ2v) is 11.4. The number of esters is 1. The molecule has 0 saturated carbocycles. The average Bonchev–Trinajstić information content (AvgIpc) is 2.77. The molecule has 2 aromatic carbocycles. The largest absolute Gasteiger partial charge is 0.490 e. The van der Waals surface area contributed by atoms with Crippen LogP contribution in [-0.4, -0.2) is 41.2 Å². The molecular formula is C26H29BrIN3O5. The number of hydrogen-bond acceptors (Lipinski definition) is 7. The van der Waals surface area contributed by atoms with E-state index >= 15 is 0 Å². The van der Waals surface area contributed by atoms with Crippen molar-refractivity contribution in [3.05, 3.63) is 60.1 Å². The smallest absolute Gasteiger partial charge is 0.344 e. The van der Waals surface area contributed by atoms with Crippen LogP contribution in [0.2, 0.25) is 0 Å². The van der Waals surface area contributed by atoms with Gasteiger partial charge in [0.1, 0.15) is 5.82 Å². The van der Waals surface area contributed by atoms with Crippen molar-refractivity contribution in [1.29, 1.82) is 0 Å². The van der Waals surface area contributed by atoms with Crippen LogP contribution in [0.5, 0.6) is 11.5 Å². The fourth-order valence-electron chi connectivity index (χ4n) is 3.36. The van der Waals surface area contributed by atoms with Crippen LogP contribution in [0.25, 0.3) is 10.9 Å². The molecule has 1 heterocycles. The topological polar surface area (TPSA) is 92.0 Å². The Kier molecular flexibility index (Phi) is 9.15. The SMILES string of the molecule is CCOc1cc(C=Nn2c(C(C)(C)C)nc3ccc(Br)cc3c2=O)cc(I)c1OCC(=O)OC(C)C. The van der Waals surface area contributed by atoms with Crippen molar-refractivity contribution in [3.8, 4) is 11.5 Å². The van der Waals surface area contributed by atoms with Gasteiger partial charge in [-0.05, 0) is 79.3 Å². The van der Waals surface area contributed by atoms with Crippen LogP contribution in [-0.2, 0) is 14.9 Å². The molecule has 8 nitrogen and oxygen atoms in total. The standard InChI is InChI=1S/C26H29BrIN3O5/c1-7-34-21-11-16(10-19(28)23(21)35-14-22(32)36-15(2)3)13-29-31-24(33)18-12-17(27)8-9-20(18)30-25(31)26(4,5)6/h8-13,15H,7,14H2,1-6H3. The lowest BCUT2D eigenvalue weighted by molar-refractivity contribution is -0.149. The Morgan fingerprint density at radius 2 is 1.94 bits per heavy atom. The van der Waals surface area contributed by atoms with Crippen LogP contribution in [0, 0.1) is 3.57 Å². The maximum atomic E-state index is 13.4. The van der Waals surface area contributed by atoms with Gasteiger partial charge in [0.15, 0.2) is 18.1 Å². The first kappa shape index (κ1) is 28.1. The molecule has 0 spiro atoms. The molecule has 0 atom stereocenters. The monoisotopic (exact) mass is 669 g/mol. The van der Waals surface area contributed by atoms with E-state index in [9.17, 15) is 9.59 Å². The van der Waals surface area contributed by atoms with E-state index in [1.165, 1.54) is 4.68 Å². The first-order valence-corrected chi connectivity index (χ1v) is 13.3. The summed E-state index contributed by atoms with van der Waals surface area (Å²) in [6.07, 6.45) is 1.36. The van der Waals surface area contributed by atoms with Crippen LogP contribution in [0.4, 0.5) is 0 Å². The van der Waals surface area contributed by atoms with Crippen LogP contribution in [0.15, 0.2) is 44.7 Å². The second-order valence-electron chi connectivity index (χ2n) is 9.30. The van der Waals surface area contributed by atoms with Gasteiger partial charge in [0.25, 0.3) is 5.56 Å². The number of nitrogens with zero attached hydrogens (tertiary/aromatic N) is 3. The van der Waals surface area contributed by atoms with Gasteiger partial charge in [-0.25, -0.2) is 9.78 Å². The van der Waals surface area contributed by atoms with Gasteiger partial charge in [0.05, 0.1) is 33.4 Å². The Balaban J connectivity index is 2.03. The molecule has 0 unspecified atom stereocenters. The zero-order valence-electron chi connectivity index (χ0n) is 21.1. The minimum absolute atomic E-state index is 0.225. The molecule has 10 heteroatoms. The van der Waals surface area contributed by atoms with Gasteiger partial charge in [-0.2, -0.15) is 9.78 Å². The van der Waals surface area contributed by atoms with Crippen LogP contribution >= 0.6 is 38.5 Å². The van der Waals surface area contributed by atoms with Crippen molar-refractivity contribution in [2.24, 2.45) is 5.10 Å². The van der Waals surface area contributed by atoms with Gasteiger partial charge < -0.3 is 14.2 Å². The van der Waals surface area contributed by atoms with Crippen molar-refractivity contribution < 1.29 is 19.0 Å². The van der Waals surface area contributed by atoms with E-state index in [1.54, 1.807) is 32.2 Å². The lowest BCUT2D eigenvalue weighted by Crippen LogP contribution is -2.29. The Bertz CT molecular complexity index is 1360. The third-order valence-corrected chi connectivity index (χ3v) is 6.13. The van der Waals surface area contributed by atoms with E-state index in [2.05, 4.69) is 43.6 Å². The quantitative estimate of drug-likeness (QED) is 0.174. The maximum Gasteiger partial charge on any atom is 0.344 e. The highest BCUT2D eigenvalue weighted by Gasteiger charge is 2.23. The van der Waals surface area contributed by atoms with Crippen molar-refractivity contribution in [1.82, 2.24) is 9.66 Å². The number of halogens is 2. The van der Waals surface area contributed by atoms with Crippen LogP contribution in [0.1, 0.15) is 52.9 Å². The van der Waals surface area contributed by atoms with E-state index in [-0.39, 0.29) is 18.3 Å². The summed E-state index contributed by atoms with van der Waals surface area (Å²) in [5, 5.41) is 5.00. The number of rotatable bonds is 8. The average molecular weight is 670 g/mol. The number of carbonyl (C=O) groups is 1. The molecule has 0 radical (unpaired) electrons. The van der Waals surface area contributed by atoms with Gasteiger partial charge in [0, 0.05) is 9.89 Å². The molecule has 0 fully saturated rings. The molecule has 3 rings (SSSR count). The lowest BCUT2D eigenvalue weighted by Gasteiger charge is -2.21. The van der Waals surface area contributed by atoms with Crippen molar-refractivity contribution in [3.63, 3.8) is 0 Å². The number of carbonyl (C=O) groups excluding carboxylic acids is 1. The molecule has 0 aliphatic rings. The third kappa shape index (κ3) is 6.84. The maximum absolute atomic E-state index is 13.4. The van der Waals surface area contributed by atoms with Gasteiger partial charge >= 0.3 is 5.97 Å². The highest BCUT2D eigenvalue weighted by molar-refractivity contribution is 14.1. The summed E-state index contributed by atoms with van der Waals surface area (Å²) in [6.45, 7) is 11.5. The fourth-order valence-corrected chi connectivity index (χ4v) is 4.50. The van der Waals surface area contributed by atoms with E-state index in [0.717, 1.165) is 8.04 Å². The minimum Gasteiger partial charge on any atom is -0.490 e. The van der Waals surface area contributed by atoms with Crippen LogP contribution < -0.4 is 15.0 Å². The zero-order chi connectivity index (χ0) is 26.6. The third-order valence-electron chi connectivity index (χ3n) is 4.83. The summed E-state index contributed by atoms with van der Waals surface area (Å²) >= 11 is 5.54. The van der Waals surface area contributed by atoms with Crippen molar-refractivity contribution in [2.45, 2.75) is 53.1 Å². The molecular weight excluding hydrogens is 641 g/mol. The Morgan fingerprint density at radius 3 is 2.58 bits per heavy atom. The molecule has 1 aromatic heterocycles.